The number of hydrogen-bond acceptors (Lipinski definition) is 8. The molecular formula is C27H29FN6O3. The van der Waals surface area contributed by atoms with Gasteiger partial charge in [-0.2, -0.15) is 0 Å². The number of pyridine rings is 2. The maximum atomic E-state index is 14.4. The molecule has 2 atom stereocenters. The zero-order valence-corrected chi connectivity index (χ0v) is 21.4. The normalized spacial score (nSPS) is 12.6. The summed E-state index contributed by atoms with van der Waals surface area (Å²) in [7, 11) is 4.57. The number of amides is 1. The van der Waals surface area contributed by atoms with Gasteiger partial charge in [0.1, 0.15) is 12.1 Å². The average Bonchev–Trinajstić information content (AvgIpc) is 2.94. The lowest BCUT2D eigenvalue weighted by Gasteiger charge is -2.22. The third kappa shape index (κ3) is 5.28. The van der Waals surface area contributed by atoms with Crippen molar-refractivity contribution in [1.82, 2.24) is 25.3 Å². The van der Waals surface area contributed by atoms with E-state index in [4.69, 9.17) is 9.47 Å². The fourth-order valence-electron chi connectivity index (χ4n) is 4.18. The summed E-state index contributed by atoms with van der Waals surface area (Å²) in [6.45, 7) is 4.81. The molecular weight excluding hydrogens is 475 g/mol. The molecule has 0 aliphatic heterocycles. The average molecular weight is 505 g/mol. The Hall–Kier alpha value is -4.34. The van der Waals surface area contributed by atoms with Gasteiger partial charge < -0.3 is 20.1 Å². The van der Waals surface area contributed by atoms with Gasteiger partial charge in [0.2, 0.25) is 0 Å². The van der Waals surface area contributed by atoms with Crippen molar-refractivity contribution in [2.24, 2.45) is 5.92 Å². The zero-order valence-electron chi connectivity index (χ0n) is 21.4. The van der Waals surface area contributed by atoms with Crippen molar-refractivity contribution in [2.75, 3.05) is 33.1 Å². The number of aromatic nitrogens is 4. The minimum atomic E-state index is -0.643. The Labute approximate surface area is 214 Å². The topological polar surface area (TPSA) is 111 Å². The molecule has 0 saturated heterocycles. The monoisotopic (exact) mass is 504 g/mol. The maximum absolute atomic E-state index is 14.4. The lowest BCUT2D eigenvalue weighted by atomic mass is 9.87. The highest BCUT2D eigenvalue weighted by Crippen LogP contribution is 2.32. The summed E-state index contributed by atoms with van der Waals surface area (Å²) in [5, 5.41) is 6.38. The van der Waals surface area contributed by atoms with Gasteiger partial charge in [0.15, 0.2) is 11.6 Å². The van der Waals surface area contributed by atoms with Gasteiger partial charge in [0, 0.05) is 36.8 Å². The molecule has 0 radical (unpaired) electrons. The predicted octanol–water partition coefficient (Wildman–Crippen LogP) is 4.45. The molecule has 1 amide bonds. The number of ether oxygens (including phenoxy) is 2. The van der Waals surface area contributed by atoms with Crippen LogP contribution in [0.15, 0.2) is 49.1 Å². The summed E-state index contributed by atoms with van der Waals surface area (Å²) in [6, 6.07) is 9.18. The van der Waals surface area contributed by atoms with Gasteiger partial charge in [0.25, 0.3) is 11.8 Å². The summed E-state index contributed by atoms with van der Waals surface area (Å²) in [4.78, 5) is 29.6. The highest BCUT2D eigenvalue weighted by molar-refractivity contribution is 6.06. The van der Waals surface area contributed by atoms with Crippen molar-refractivity contribution in [3.8, 4) is 22.9 Å². The number of benzene rings is 1. The van der Waals surface area contributed by atoms with Crippen LogP contribution in [0, 0.1) is 11.7 Å². The van der Waals surface area contributed by atoms with Crippen LogP contribution in [-0.4, -0.2) is 53.7 Å². The van der Waals surface area contributed by atoms with Crippen LogP contribution in [-0.2, 0) is 0 Å². The molecule has 2 N–H and O–H groups in total. The van der Waals surface area contributed by atoms with Crippen molar-refractivity contribution >= 4 is 22.6 Å². The smallest absolute Gasteiger partial charge is 0.256 e. The van der Waals surface area contributed by atoms with Crippen LogP contribution >= 0.6 is 0 Å². The van der Waals surface area contributed by atoms with E-state index >= 15 is 0 Å². The van der Waals surface area contributed by atoms with E-state index in [-0.39, 0.29) is 17.4 Å². The molecule has 192 valence electrons. The summed E-state index contributed by atoms with van der Waals surface area (Å²) >= 11 is 0. The van der Waals surface area contributed by atoms with E-state index in [1.165, 1.54) is 20.5 Å². The van der Waals surface area contributed by atoms with E-state index in [0.29, 0.717) is 40.6 Å². The molecule has 0 aliphatic carbocycles. The molecule has 9 nitrogen and oxygen atoms in total. The zero-order chi connectivity index (χ0) is 26.5. The van der Waals surface area contributed by atoms with E-state index in [1.807, 2.05) is 24.3 Å². The molecule has 4 aromatic rings. The summed E-state index contributed by atoms with van der Waals surface area (Å²) in [5.41, 5.74) is 3.02. The van der Waals surface area contributed by atoms with E-state index in [9.17, 15) is 9.18 Å². The van der Waals surface area contributed by atoms with Crippen molar-refractivity contribution in [1.29, 1.82) is 0 Å². The minimum absolute atomic E-state index is 0.00509. The second-order valence-corrected chi connectivity index (χ2v) is 8.67. The van der Waals surface area contributed by atoms with Crippen LogP contribution in [0.1, 0.15) is 35.7 Å². The number of fused-ring (bicyclic) bond motifs is 1. The third-order valence-electron chi connectivity index (χ3n) is 6.48. The number of halogens is 1. The first-order valence-corrected chi connectivity index (χ1v) is 11.8. The Morgan fingerprint density at radius 2 is 1.86 bits per heavy atom. The van der Waals surface area contributed by atoms with E-state index in [2.05, 4.69) is 44.4 Å². The number of para-hydroxylation sites is 1. The van der Waals surface area contributed by atoms with Crippen LogP contribution in [0.25, 0.3) is 22.2 Å². The number of anilines is 1. The molecule has 3 aromatic heterocycles. The van der Waals surface area contributed by atoms with Crippen molar-refractivity contribution in [3.63, 3.8) is 0 Å². The number of nitrogens with zero attached hydrogens (tertiary/aromatic N) is 4. The first-order chi connectivity index (χ1) is 17.9. The Bertz CT molecular complexity index is 1430. The molecule has 0 fully saturated rings. The van der Waals surface area contributed by atoms with Gasteiger partial charge in [-0.3, -0.25) is 9.78 Å². The SMILES string of the molecule is CNC(=O)c1c(F)cnc2c(C(C)[C@H](C)CNc3cc(-c4cnc(OC)c(OC)c4)ncn3)cccc12. The Morgan fingerprint density at radius 1 is 1.05 bits per heavy atom. The van der Waals surface area contributed by atoms with E-state index < -0.39 is 11.7 Å². The lowest BCUT2D eigenvalue weighted by molar-refractivity contribution is 0.0960. The van der Waals surface area contributed by atoms with Gasteiger partial charge in [0.05, 0.1) is 37.2 Å². The minimum Gasteiger partial charge on any atom is -0.491 e. The van der Waals surface area contributed by atoms with Crippen LogP contribution < -0.4 is 20.1 Å². The van der Waals surface area contributed by atoms with Gasteiger partial charge in [-0.15, -0.1) is 0 Å². The van der Waals surface area contributed by atoms with Crippen LogP contribution in [0.2, 0.25) is 0 Å². The number of methoxy groups -OCH3 is 2. The Kier molecular flexibility index (Phi) is 7.76. The molecule has 1 unspecified atom stereocenters. The first kappa shape index (κ1) is 25.7. The highest BCUT2D eigenvalue weighted by Gasteiger charge is 2.22. The summed E-state index contributed by atoms with van der Waals surface area (Å²) < 4.78 is 25.0. The molecule has 1 aromatic carbocycles. The Balaban J connectivity index is 1.53. The third-order valence-corrected chi connectivity index (χ3v) is 6.48. The number of carbonyl (C=O) groups is 1. The molecule has 4 rings (SSSR count). The number of hydrogen-bond donors (Lipinski definition) is 2. The molecule has 0 bridgehead atoms. The van der Waals surface area contributed by atoms with Gasteiger partial charge in [-0.25, -0.2) is 19.3 Å². The van der Waals surface area contributed by atoms with Crippen molar-refractivity contribution in [3.05, 3.63) is 66.0 Å². The second kappa shape index (κ2) is 11.2. The molecule has 10 heteroatoms. The largest absolute Gasteiger partial charge is 0.491 e. The maximum Gasteiger partial charge on any atom is 0.256 e. The fourth-order valence-corrected chi connectivity index (χ4v) is 4.18. The molecule has 37 heavy (non-hydrogen) atoms. The number of rotatable bonds is 9. The van der Waals surface area contributed by atoms with Crippen LogP contribution in [0.3, 0.4) is 0 Å². The highest BCUT2D eigenvalue weighted by atomic mass is 19.1. The van der Waals surface area contributed by atoms with Crippen molar-refractivity contribution in [2.45, 2.75) is 19.8 Å². The fraction of sp³-hybridized carbons (Fsp3) is 0.296. The molecule has 0 saturated carbocycles. The van der Waals surface area contributed by atoms with Gasteiger partial charge in [-0.1, -0.05) is 32.0 Å². The predicted molar refractivity (Wildman–Crippen MR) is 140 cm³/mol. The van der Waals surface area contributed by atoms with Crippen LogP contribution in [0.4, 0.5) is 10.2 Å². The number of carbonyl (C=O) groups excluding carboxylic acids is 1. The summed E-state index contributed by atoms with van der Waals surface area (Å²) in [6.07, 6.45) is 4.27. The molecule has 0 spiro atoms. The van der Waals surface area contributed by atoms with Crippen molar-refractivity contribution < 1.29 is 18.7 Å². The molecule has 0 aliphatic rings. The van der Waals surface area contributed by atoms with Crippen LogP contribution in [0.5, 0.6) is 11.6 Å². The molecule has 3 heterocycles. The first-order valence-electron chi connectivity index (χ1n) is 11.8. The number of nitrogens with one attached hydrogen (secondary N) is 2. The van der Waals surface area contributed by atoms with E-state index in [1.54, 1.807) is 19.4 Å². The Morgan fingerprint density at radius 3 is 2.59 bits per heavy atom. The van der Waals surface area contributed by atoms with Gasteiger partial charge in [-0.05, 0) is 23.5 Å². The summed E-state index contributed by atoms with van der Waals surface area (Å²) in [5.74, 6) is 0.668. The quantitative estimate of drug-likeness (QED) is 0.344. The van der Waals surface area contributed by atoms with E-state index in [0.717, 1.165) is 17.3 Å². The second-order valence-electron chi connectivity index (χ2n) is 8.67. The standard InChI is InChI=1S/C27H29FN6O3/c1-15(16(2)18-7-6-8-19-24(26(35)29-3)20(28)13-31-25(18)19)11-30-23-10-21(33-14-34-23)17-9-22(36-4)27(37-5)32-12-17/h6-10,12-16H,11H2,1-5H3,(H,29,35)(H,30,33,34)/t15-,16?/m1/s1. The van der Waals surface area contributed by atoms with Gasteiger partial charge >= 0.3 is 0 Å². The lowest BCUT2D eigenvalue weighted by Crippen LogP contribution is -2.21.